The minimum Gasteiger partial charge on any atom is -0.398 e. The van der Waals surface area contributed by atoms with Gasteiger partial charge in [0.05, 0.1) is 0 Å². The van der Waals surface area contributed by atoms with Gasteiger partial charge >= 0.3 is 0 Å². The molecule has 0 atom stereocenters. The Balaban J connectivity index is 3.00. The Labute approximate surface area is 66.2 Å². The fourth-order valence-electron chi connectivity index (χ4n) is 1.06. The van der Waals surface area contributed by atoms with Gasteiger partial charge in [0.25, 0.3) is 0 Å². The lowest BCUT2D eigenvalue weighted by atomic mass is 10.1. The zero-order valence-electron chi connectivity index (χ0n) is 6.38. The largest absolute Gasteiger partial charge is 0.398 e. The van der Waals surface area contributed by atoms with Gasteiger partial charge in [0.2, 0.25) is 0 Å². The second kappa shape index (κ2) is 3.25. The molecule has 0 spiro atoms. The first-order chi connectivity index (χ1) is 5.25. The Hall–Kier alpha value is -1.22. The molecule has 0 unspecified atom stereocenters. The second-order valence-corrected chi connectivity index (χ2v) is 2.45. The van der Waals surface area contributed by atoms with Gasteiger partial charge in [-0.15, -0.1) is 0 Å². The Morgan fingerprint density at radius 3 is 2.09 bits per heavy atom. The molecule has 0 heterocycles. The first-order valence-electron chi connectivity index (χ1n) is 3.58. The summed E-state index contributed by atoms with van der Waals surface area (Å²) in [5.41, 5.74) is 19.2. The van der Waals surface area contributed by atoms with Gasteiger partial charge in [0, 0.05) is 11.4 Å². The summed E-state index contributed by atoms with van der Waals surface area (Å²) in [6.07, 6.45) is 0.749. The third-order valence-corrected chi connectivity index (χ3v) is 1.64. The summed E-state index contributed by atoms with van der Waals surface area (Å²) in [5, 5.41) is 0. The van der Waals surface area contributed by atoms with Crippen LogP contribution < -0.4 is 17.2 Å². The lowest BCUT2D eigenvalue weighted by Gasteiger charge is -2.06. The Bertz CT molecular complexity index is 225. The minimum atomic E-state index is 0.582. The second-order valence-electron chi connectivity index (χ2n) is 2.45. The Kier molecular flexibility index (Phi) is 2.33. The van der Waals surface area contributed by atoms with Crippen molar-refractivity contribution in [3.63, 3.8) is 0 Å². The van der Waals surface area contributed by atoms with Crippen LogP contribution in [0.2, 0.25) is 0 Å². The monoisotopic (exact) mass is 151 g/mol. The maximum atomic E-state index is 5.67. The predicted octanol–water partition coefficient (Wildman–Crippen LogP) is 0.352. The van der Waals surface area contributed by atoms with E-state index in [4.69, 9.17) is 17.2 Å². The maximum Gasteiger partial charge on any atom is 0.0367 e. The van der Waals surface area contributed by atoms with Crippen molar-refractivity contribution >= 4 is 11.4 Å². The predicted molar refractivity (Wildman–Crippen MR) is 48.0 cm³/mol. The quantitative estimate of drug-likeness (QED) is 0.534. The number of hydrogen-bond donors (Lipinski definition) is 3. The van der Waals surface area contributed by atoms with Gasteiger partial charge in [-0.1, -0.05) is 6.07 Å². The third-order valence-electron chi connectivity index (χ3n) is 1.64. The van der Waals surface area contributed by atoms with Crippen molar-refractivity contribution < 1.29 is 0 Å². The van der Waals surface area contributed by atoms with Crippen LogP contribution in [-0.2, 0) is 6.42 Å². The summed E-state index contributed by atoms with van der Waals surface area (Å²) in [5.74, 6) is 0. The van der Waals surface area contributed by atoms with Crippen LogP contribution in [0.5, 0.6) is 0 Å². The van der Waals surface area contributed by atoms with Crippen LogP contribution in [0.3, 0.4) is 0 Å². The fraction of sp³-hybridized carbons (Fsp3) is 0.250. The molecular formula is C8H13N3. The minimum absolute atomic E-state index is 0.582. The molecule has 0 bridgehead atoms. The molecule has 0 aromatic heterocycles. The zero-order valence-corrected chi connectivity index (χ0v) is 6.38. The molecule has 0 amide bonds. The summed E-state index contributed by atoms with van der Waals surface area (Å²) >= 11 is 0. The number of benzene rings is 1. The van der Waals surface area contributed by atoms with Crippen LogP contribution in [0.15, 0.2) is 18.2 Å². The highest BCUT2D eigenvalue weighted by atomic mass is 14.6. The highest BCUT2D eigenvalue weighted by molar-refractivity contribution is 5.61. The van der Waals surface area contributed by atoms with Gasteiger partial charge in [0.1, 0.15) is 0 Å². The topological polar surface area (TPSA) is 78.1 Å². The molecule has 0 radical (unpaired) electrons. The molecule has 3 nitrogen and oxygen atoms in total. The molecule has 0 aliphatic heterocycles. The van der Waals surface area contributed by atoms with Crippen molar-refractivity contribution in [3.05, 3.63) is 23.8 Å². The summed E-state index contributed by atoms with van der Waals surface area (Å²) in [7, 11) is 0. The molecule has 60 valence electrons. The number of rotatable bonds is 2. The molecule has 1 aromatic rings. The molecule has 1 aromatic carbocycles. The molecule has 1 rings (SSSR count). The van der Waals surface area contributed by atoms with Crippen LogP contribution >= 0.6 is 0 Å². The molecule has 6 N–H and O–H groups in total. The van der Waals surface area contributed by atoms with E-state index in [1.165, 1.54) is 0 Å². The van der Waals surface area contributed by atoms with E-state index in [1.54, 1.807) is 0 Å². The van der Waals surface area contributed by atoms with Crippen molar-refractivity contribution in [1.29, 1.82) is 0 Å². The summed E-state index contributed by atoms with van der Waals surface area (Å²) < 4.78 is 0. The molecule has 3 heteroatoms. The highest BCUT2D eigenvalue weighted by Crippen LogP contribution is 2.18. The highest BCUT2D eigenvalue weighted by Gasteiger charge is 2.00. The first kappa shape index (κ1) is 7.88. The van der Waals surface area contributed by atoms with E-state index in [2.05, 4.69) is 0 Å². The normalized spacial score (nSPS) is 9.91. The van der Waals surface area contributed by atoms with Gasteiger partial charge in [-0.3, -0.25) is 0 Å². The van der Waals surface area contributed by atoms with Crippen molar-refractivity contribution in [2.24, 2.45) is 5.73 Å². The zero-order chi connectivity index (χ0) is 8.27. The van der Waals surface area contributed by atoms with E-state index in [-0.39, 0.29) is 0 Å². The Morgan fingerprint density at radius 2 is 1.64 bits per heavy atom. The Morgan fingerprint density at radius 1 is 1.09 bits per heavy atom. The SMILES string of the molecule is NCCc1c(N)cccc1N. The van der Waals surface area contributed by atoms with E-state index in [9.17, 15) is 0 Å². The average molecular weight is 151 g/mol. The van der Waals surface area contributed by atoms with Gasteiger partial charge < -0.3 is 17.2 Å². The number of hydrogen-bond acceptors (Lipinski definition) is 3. The van der Waals surface area contributed by atoms with E-state index in [0.717, 1.165) is 23.4 Å². The van der Waals surface area contributed by atoms with Crippen molar-refractivity contribution in [2.45, 2.75) is 6.42 Å². The first-order valence-corrected chi connectivity index (χ1v) is 3.58. The average Bonchev–Trinajstić information content (AvgIpc) is 1.97. The van der Waals surface area contributed by atoms with Gasteiger partial charge in [-0.25, -0.2) is 0 Å². The third kappa shape index (κ3) is 1.62. The van der Waals surface area contributed by atoms with Crippen LogP contribution in [0.1, 0.15) is 5.56 Å². The molecule has 0 fully saturated rings. The van der Waals surface area contributed by atoms with E-state index < -0.39 is 0 Å². The van der Waals surface area contributed by atoms with E-state index >= 15 is 0 Å². The lowest BCUT2D eigenvalue weighted by Crippen LogP contribution is -2.07. The molecular weight excluding hydrogens is 138 g/mol. The fourth-order valence-corrected chi connectivity index (χ4v) is 1.06. The summed E-state index contributed by atoms with van der Waals surface area (Å²) in [6.45, 7) is 0.582. The van der Waals surface area contributed by atoms with Crippen LogP contribution in [-0.4, -0.2) is 6.54 Å². The van der Waals surface area contributed by atoms with Gasteiger partial charge in [-0.2, -0.15) is 0 Å². The van der Waals surface area contributed by atoms with Crippen LogP contribution in [0, 0.1) is 0 Å². The van der Waals surface area contributed by atoms with Crippen molar-refractivity contribution in [2.75, 3.05) is 18.0 Å². The van der Waals surface area contributed by atoms with Gasteiger partial charge in [-0.05, 0) is 30.7 Å². The van der Waals surface area contributed by atoms with E-state index in [0.29, 0.717) is 6.54 Å². The maximum absolute atomic E-state index is 5.67. The smallest absolute Gasteiger partial charge is 0.0367 e. The molecule has 0 saturated heterocycles. The van der Waals surface area contributed by atoms with E-state index in [1.807, 2.05) is 18.2 Å². The van der Waals surface area contributed by atoms with Crippen LogP contribution in [0.25, 0.3) is 0 Å². The molecule has 0 aliphatic rings. The van der Waals surface area contributed by atoms with Crippen molar-refractivity contribution in [1.82, 2.24) is 0 Å². The lowest BCUT2D eigenvalue weighted by molar-refractivity contribution is 0.974. The standard InChI is InChI=1S/C8H13N3/c9-5-4-6-7(10)2-1-3-8(6)11/h1-3H,4-5,9-11H2. The summed E-state index contributed by atoms with van der Waals surface area (Å²) in [4.78, 5) is 0. The summed E-state index contributed by atoms with van der Waals surface area (Å²) in [6, 6.07) is 5.51. The number of nitrogens with two attached hydrogens (primary N) is 3. The molecule has 0 aliphatic carbocycles. The number of nitrogen functional groups attached to an aromatic ring is 2. The number of anilines is 2. The van der Waals surface area contributed by atoms with Gasteiger partial charge in [0.15, 0.2) is 0 Å². The molecule has 0 saturated carbocycles. The van der Waals surface area contributed by atoms with Crippen LogP contribution in [0.4, 0.5) is 11.4 Å². The van der Waals surface area contributed by atoms with Crippen molar-refractivity contribution in [3.8, 4) is 0 Å². The molecule has 11 heavy (non-hydrogen) atoms.